The third kappa shape index (κ3) is 5.12. The van der Waals surface area contributed by atoms with E-state index >= 15 is 0 Å². The lowest BCUT2D eigenvalue weighted by molar-refractivity contribution is -0.131. The number of esters is 1. The summed E-state index contributed by atoms with van der Waals surface area (Å²) < 4.78 is 31.0. The van der Waals surface area contributed by atoms with Gasteiger partial charge in [-0.3, -0.25) is 4.79 Å². The van der Waals surface area contributed by atoms with Crippen LogP contribution in [0.4, 0.5) is 15.8 Å². The highest BCUT2D eigenvalue weighted by atomic mass is 35.5. The fraction of sp³-hybridized carbons (Fsp3) is 0.125. The van der Waals surface area contributed by atoms with Gasteiger partial charge >= 0.3 is 5.97 Å². The number of rotatable bonds is 7. The molecule has 0 atom stereocenters. The van der Waals surface area contributed by atoms with E-state index in [1.165, 1.54) is 26.3 Å². The second kappa shape index (κ2) is 9.70. The molecule has 168 valence electrons. The van der Waals surface area contributed by atoms with Gasteiger partial charge in [-0.15, -0.1) is 0 Å². The number of benzene rings is 3. The molecule has 7 nitrogen and oxygen atoms in total. The molecule has 33 heavy (non-hydrogen) atoms. The summed E-state index contributed by atoms with van der Waals surface area (Å²) >= 11 is 5.98. The first kappa shape index (κ1) is 22.3. The molecule has 9 heteroatoms. The van der Waals surface area contributed by atoms with Crippen molar-refractivity contribution < 1.29 is 23.4 Å². The first-order valence-corrected chi connectivity index (χ1v) is 10.3. The number of ether oxygens (including phenoxy) is 3. The number of hydrogen-bond donors (Lipinski definition) is 1. The van der Waals surface area contributed by atoms with E-state index in [-0.39, 0.29) is 16.5 Å². The summed E-state index contributed by atoms with van der Waals surface area (Å²) in [5, 5.41) is 11.7. The number of anilines is 2. The minimum Gasteiger partial charge on any atom is -0.493 e. The average Bonchev–Trinajstić information content (AvgIpc) is 2.80. The van der Waals surface area contributed by atoms with Gasteiger partial charge in [0.2, 0.25) is 0 Å². The molecule has 4 rings (SSSR count). The van der Waals surface area contributed by atoms with E-state index in [4.69, 9.17) is 25.8 Å². The summed E-state index contributed by atoms with van der Waals surface area (Å²) in [6.45, 7) is 1.58. The molecule has 0 fully saturated rings. The van der Waals surface area contributed by atoms with Crippen molar-refractivity contribution in [1.82, 2.24) is 10.2 Å². The average molecular weight is 468 g/mol. The van der Waals surface area contributed by atoms with Crippen LogP contribution in [0, 0.1) is 5.82 Å². The molecule has 0 saturated heterocycles. The number of carbonyl (C=O) groups is 1. The zero-order chi connectivity index (χ0) is 23.4. The van der Waals surface area contributed by atoms with Crippen LogP contribution in [0.1, 0.15) is 12.5 Å². The number of nitrogens with one attached hydrogen (secondary N) is 1. The Hall–Kier alpha value is -3.91. The van der Waals surface area contributed by atoms with Crippen LogP contribution in [-0.4, -0.2) is 23.3 Å². The lowest BCUT2D eigenvalue weighted by atomic mass is 10.1. The van der Waals surface area contributed by atoms with Crippen molar-refractivity contribution in [2.75, 3.05) is 12.4 Å². The van der Waals surface area contributed by atoms with Crippen molar-refractivity contribution in [1.29, 1.82) is 0 Å². The maximum absolute atomic E-state index is 14.6. The van der Waals surface area contributed by atoms with Crippen LogP contribution in [0.15, 0.2) is 60.8 Å². The molecule has 0 aliphatic rings. The van der Waals surface area contributed by atoms with Crippen LogP contribution in [-0.2, 0) is 11.4 Å². The van der Waals surface area contributed by atoms with E-state index in [1.807, 2.05) is 30.3 Å². The number of nitrogens with zero attached hydrogens (tertiary/aromatic N) is 2. The fourth-order valence-corrected chi connectivity index (χ4v) is 3.37. The van der Waals surface area contributed by atoms with Gasteiger partial charge in [0.15, 0.2) is 17.2 Å². The molecule has 0 saturated carbocycles. The molecule has 1 aromatic heterocycles. The van der Waals surface area contributed by atoms with Gasteiger partial charge in [0.25, 0.3) is 0 Å². The van der Waals surface area contributed by atoms with Crippen molar-refractivity contribution in [3.05, 3.63) is 77.2 Å². The van der Waals surface area contributed by atoms with Crippen molar-refractivity contribution in [3.8, 4) is 17.2 Å². The van der Waals surface area contributed by atoms with E-state index in [0.717, 1.165) is 11.6 Å². The highest BCUT2D eigenvalue weighted by Gasteiger charge is 2.15. The summed E-state index contributed by atoms with van der Waals surface area (Å²) in [4.78, 5) is 11.3. The van der Waals surface area contributed by atoms with E-state index in [2.05, 4.69) is 15.5 Å². The summed E-state index contributed by atoms with van der Waals surface area (Å²) in [5.74, 6) is -0.191. The largest absolute Gasteiger partial charge is 0.493 e. The molecule has 0 radical (unpaired) electrons. The SMILES string of the molecule is COc1cc2c(Nc3cc(OC(C)=O)c(Cl)cc3F)cnnc2cc1OCc1ccccc1. The Balaban J connectivity index is 1.67. The van der Waals surface area contributed by atoms with E-state index in [0.29, 0.717) is 34.7 Å². The highest BCUT2D eigenvalue weighted by molar-refractivity contribution is 6.32. The van der Waals surface area contributed by atoms with Crippen LogP contribution in [0.5, 0.6) is 17.2 Å². The molecule has 4 aromatic rings. The molecule has 0 bridgehead atoms. The monoisotopic (exact) mass is 467 g/mol. The molecule has 1 heterocycles. The number of aromatic nitrogens is 2. The molecule has 0 unspecified atom stereocenters. The Morgan fingerprint density at radius 1 is 1.06 bits per heavy atom. The van der Waals surface area contributed by atoms with E-state index in [1.54, 1.807) is 12.1 Å². The highest BCUT2D eigenvalue weighted by Crippen LogP contribution is 2.37. The van der Waals surface area contributed by atoms with Crippen LogP contribution >= 0.6 is 11.6 Å². The van der Waals surface area contributed by atoms with Crippen molar-refractivity contribution >= 4 is 39.8 Å². The molecule has 0 aliphatic heterocycles. The zero-order valence-electron chi connectivity index (χ0n) is 17.8. The lowest BCUT2D eigenvalue weighted by Gasteiger charge is -2.15. The first-order valence-electron chi connectivity index (χ1n) is 9.89. The standard InChI is InChI=1S/C24H19ClFN3O4/c1-14(30)33-22-11-20(18(26)9-17(22)25)28-21-12-27-29-19-10-24(23(31-2)8-16(19)21)32-13-15-6-4-3-5-7-15/h3-12H,13H2,1-2H3,(H,28,29). The quantitative estimate of drug-likeness (QED) is 0.276. The maximum Gasteiger partial charge on any atom is 0.308 e. The van der Waals surface area contributed by atoms with Crippen LogP contribution in [0.3, 0.4) is 0 Å². The second-order valence-corrected chi connectivity index (χ2v) is 7.44. The number of carbonyl (C=O) groups excluding carboxylic acids is 1. The molecule has 0 aliphatic carbocycles. The molecular weight excluding hydrogens is 449 g/mol. The zero-order valence-corrected chi connectivity index (χ0v) is 18.5. The number of hydrogen-bond acceptors (Lipinski definition) is 7. The number of halogens is 2. The van der Waals surface area contributed by atoms with Crippen LogP contribution in [0.2, 0.25) is 5.02 Å². The summed E-state index contributed by atoms with van der Waals surface area (Å²) in [5.41, 5.74) is 2.03. The van der Waals surface area contributed by atoms with Gasteiger partial charge in [0, 0.05) is 24.4 Å². The lowest BCUT2D eigenvalue weighted by Crippen LogP contribution is -2.04. The van der Waals surface area contributed by atoms with Gasteiger partial charge in [-0.2, -0.15) is 10.2 Å². The normalized spacial score (nSPS) is 10.7. The second-order valence-electron chi connectivity index (χ2n) is 7.03. The van der Waals surface area contributed by atoms with E-state index < -0.39 is 11.8 Å². The number of methoxy groups -OCH3 is 1. The van der Waals surface area contributed by atoms with E-state index in [9.17, 15) is 9.18 Å². The van der Waals surface area contributed by atoms with Gasteiger partial charge in [0.05, 0.1) is 35.2 Å². The minimum absolute atomic E-state index is 0.0205. The summed E-state index contributed by atoms with van der Waals surface area (Å²) in [7, 11) is 1.53. The minimum atomic E-state index is -0.629. The Kier molecular flexibility index (Phi) is 6.55. The van der Waals surface area contributed by atoms with Crippen molar-refractivity contribution in [2.45, 2.75) is 13.5 Å². The van der Waals surface area contributed by atoms with Gasteiger partial charge in [-0.25, -0.2) is 4.39 Å². The molecule has 1 N–H and O–H groups in total. The molecule has 0 spiro atoms. The smallest absolute Gasteiger partial charge is 0.308 e. The van der Waals surface area contributed by atoms with Crippen LogP contribution < -0.4 is 19.5 Å². The summed E-state index contributed by atoms with van der Waals surface area (Å²) in [6, 6.07) is 15.5. The Labute approximate surface area is 194 Å². The molecule has 0 amide bonds. The van der Waals surface area contributed by atoms with Gasteiger partial charge in [-0.1, -0.05) is 41.9 Å². The molecular formula is C24H19ClFN3O4. The Morgan fingerprint density at radius 3 is 2.58 bits per heavy atom. The van der Waals surface area contributed by atoms with Gasteiger partial charge < -0.3 is 19.5 Å². The first-order chi connectivity index (χ1) is 15.9. The predicted octanol–water partition coefficient (Wildman–Crippen LogP) is 5.68. The molecule has 3 aromatic carbocycles. The van der Waals surface area contributed by atoms with Gasteiger partial charge in [0.1, 0.15) is 12.4 Å². The van der Waals surface area contributed by atoms with Crippen molar-refractivity contribution in [2.24, 2.45) is 0 Å². The Bertz CT molecular complexity index is 1320. The summed E-state index contributed by atoms with van der Waals surface area (Å²) in [6.07, 6.45) is 1.45. The Morgan fingerprint density at radius 2 is 1.85 bits per heavy atom. The fourth-order valence-electron chi connectivity index (χ4n) is 3.18. The van der Waals surface area contributed by atoms with Gasteiger partial charge in [-0.05, 0) is 17.7 Å². The third-order valence-corrected chi connectivity index (χ3v) is 5.00. The predicted molar refractivity (Wildman–Crippen MR) is 123 cm³/mol. The number of fused-ring (bicyclic) bond motifs is 1. The van der Waals surface area contributed by atoms with Crippen LogP contribution in [0.25, 0.3) is 10.9 Å². The topological polar surface area (TPSA) is 82.6 Å². The maximum atomic E-state index is 14.6. The van der Waals surface area contributed by atoms with Crippen molar-refractivity contribution in [3.63, 3.8) is 0 Å². The third-order valence-electron chi connectivity index (χ3n) is 4.71.